The van der Waals surface area contributed by atoms with Gasteiger partial charge in [-0.1, -0.05) is 43.2 Å². The van der Waals surface area contributed by atoms with Crippen LogP contribution in [0.25, 0.3) is 6.08 Å². The molecule has 3 heteroatoms. The van der Waals surface area contributed by atoms with E-state index in [9.17, 15) is 4.39 Å². The highest BCUT2D eigenvalue weighted by Gasteiger charge is 2.15. The highest BCUT2D eigenvalue weighted by Crippen LogP contribution is 2.23. The summed E-state index contributed by atoms with van der Waals surface area (Å²) in [6, 6.07) is 4.86. The number of piperidine rings is 1. The highest BCUT2D eigenvalue weighted by atomic mass is 35.5. The van der Waals surface area contributed by atoms with Crippen LogP contribution < -0.4 is 0 Å². The summed E-state index contributed by atoms with van der Waals surface area (Å²) < 4.78 is 13.7. The van der Waals surface area contributed by atoms with Crippen LogP contribution in [0.4, 0.5) is 4.39 Å². The Labute approximate surface area is 120 Å². The van der Waals surface area contributed by atoms with Crippen LogP contribution >= 0.6 is 11.6 Å². The molecule has 0 saturated carbocycles. The van der Waals surface area contributed by atoms with Crippen molar-refractivity contribution in [2.24, 2.45) is 0 Å². The van der Waals surface area contributed by atoms with Crippen LogP contribution in [0.3, 0.4) is 0 Å². The lowest BCUT2D eigenvalue weighted by molar-refractivity contribution is 0.267. The Morgan fingerprint density at radius 2 is 2.00 bits per heavy atom. The minimum absolute atomic E-state index is 0.236. The number of halogens is 2. The second-order valence-electron chi connectivity index (χ2n) is 5.45. The van der Waals surface area contributed by atoms with Gasteiger partial charge in [-0.25, -0.2) is 4.39 Å². The number of rotatable bonds is 3. The number of hydrogen-bond acceptors (Lipinski definition) is 1. The monoisotopic (exact) mass is 280 g/mol. The van der Waals surface area contributed by atoms with Crippen LogP contribution in [-0.2, 0) is 0 Å². The van der Waals surface area contributed by atoms with Gasteiger partial charge in [-0.2, -0.15) is 0 Å². The largest absolute Gasteiger partial charge is 0.302 e. The van der Waals surface area contributed by atoms with E-state index in [1.807, 2.05) is 6.08 Å². The van der Waals surface area contributed by atoms with Gasteiger partial charge in [0.1, 0.15) is 5.82 Å². The van der Waals surface area contributed by atoms with E-state index in [1.165, 1.54) is 17.6 Å². The Morgan fingerprint density at radius 3 is 2.58 bits per heavy atom. The fourth-order valence-electron chi connectivity index (χ4n) is 2.43. The summed E-state index contributed by atoms with van der Waals surface area (Å²) in [5.41, 5.74) is 1.97. The minimum Gasteiger partial charge on any atom is -0.302 e. The third-order valence-corrected chi connectivity index (χ3v) is 3.60. The van der Waals surface area contributed by atoms with Crippen molar-refractivity contribution in [2.45, 2.75) is 26.7 Å². The molecule has 1 aromatic carbocycles. The van der Waals surface area contributed by atoms with E-state index < -0.39 is 0 Å². The van der Waals surface area contributed by atoms with Gasteiger partial charge >= 0.3 is 0 Å². The summed E-state index contributed by atoms with van der Waals surface area (Å²) in [6.45, 7) is 7.52. The summed E-state index contributed by atoms with van der Waals surface area (Å²) in [4.78, 5) is 2.45. The molecule has 0 bridgehead atoms. The van der Waals surface area contributed by atoms with Crippen molar-refractivity contribution in [3.8, 4) is 0 Å². The van der Waals surface area contributed by atoms with Gasteiger partial charge in [0.15, 0.2) is 0 Å². The Bertz CT molecular complexity index is 458. The van der Waals surface area contributed by atoms with E-state index in [-0.39, 0.29) is 5.82 Å². The van der Waals surface area contributed by atoms with Crippen LogP contribution in [0.1, 0.15) is 32.3 Å². The first-order chi connectivity index (χ1) is 9.04. The molecule has 1 nitrogen and oxygen atoms in total. The highest BCUT2D eigenvalue weighted by molar-refractivity contribution is 6.30. The van der Waals surface area contributed by atoms with Crippen molar-refractivity contribution < 1.29 is 4.39 Å². The Morgan fingerprint density at radius 1 is 1.32 bits per heavy atom. The molecular weight excluding hydrogens is 261 g/mol. The van der Waals surface area contributed by atoms with Gasteiger partial charge in [-0.15, -0.1) is 0 Å². The maximum absolute atomic E-state index is 13.7. The van der Waals surface area contributed by atoms with Crippen LogP contribution in [0.2, 0.25) is 5.02 Å². The number of hydrogen-bond donors (Lipinski definition) is 0. The number of nitrogens with zero attached hydrogens (tertiary/aromatic N) is 1. The molecule has 1 fully saturated rings. The minimum atomic E-state index is -0.236. The molecule has 0 atom stereocenters. The van der Waals surface area contributed by atoms with Crippen LogP contribution in [-0.4, -0.2) is 24.5 Å². The average molecular weight is 281 g/mol. The van der Waals surface area contributed by atoms with Crippen molar-refractivity contribution in [3.63, 3.8) is 0 Å². The molecule has 1 radical (unpaired) electrons. The van der Waals surface area contributed by atoms with Gasteiger partial charge in [-0.05, 0) is 30.9 Å². The molecule has 1 saturated heterocycles. The third-order valence-electron chi connectivity index (χ3n) is 3.36. The molecule has 1 aromatic rings. The van der Waals surface area contributed by atoms with Crippen molar-refractivity contribution in [3.05, 3.63) is 46.1 Å². The molecule has 2 rings (SSSR count). The van der Waals surface area contributed by atoms with Crippen molar-refractivity contribution in [1.29, 1.82) is 0 Å². The summed E-state index contributed by atoms with van der Waals surface area (Å²) in [5.74, 6) is 1.20. The van der Waals surface area contributed by atoms with E-state index in [0.717, 1.165) is 32.5 Å². The lowest BCUT2D eigenvalue weighted by Gasteiger charge is -2.29. The first-order valence-corrected chi connectivity index (χ1v) is 7.08. The van der Waals surface area contributed by atoms with E-state index in [1.54, 1.807) is 12.1 Å². The van der Waals surface area contributed by atoms with E-state index in [0.29, 0.717) is 10.6 Å². The quantitative estimate of drug-likeness (QED) is 0.784. The van der Waals surface area contributed by atoms with Crippen molar-refractivity contribution in [2.75, 3.05) is 19.6 Å². The smallest absolute Gasteiger partial charge is 0.131 e. The molecule has 0 spiro atoms. The summed E-state index contributed by atoms with van der Waals surface area (Å²) in [6.07, 6.45) is 4.02. The fraction of sp³-hybridized carbons (Fsp3) is 0.438. The molecule has 0 aliphatic carbocycles. The Hall–Kier alpha value is -0.860. The van der Waals surface area contributed by atoms with Crippen molar-refractivity contribution >= 4 is 17.7 Å². The zero-order valence-electron chi connectivity index (χ0n) is 11.5. The predicted molar refractivity (Wildman–Crippen MR) is 79.7 cm³/mol. The zero-order chi connectivity index (χ0) is 13.8. The molecule has 1 aliphatic heterocycles. The molecule has 19 heavy (non-hydrogen) atoms. The zero-order valence-corrected chi connectivity index (χ0v) is 12.3. The Kier molecular flexibility index (Phi) is 5.00. The van der Waals surface area contributed by atoms with E-state index in [2.05, 4.69) is 18.7 Å². The molecule has 103 valence electrons. The lowest BCUT2D eigenvalue weighted by Crippen LogP contribution is -2.33. The molecule has 0 aromatic heterocycles. The predicted octanol–water partition coefficient (Wildman–Crippen LogP) is 4.57. The van der Waals surface area contributed by atoms with Gasteiger partial charge in [0, 0.05) is 30.2 Å². The fourth-order valence-corrected chi connectivity index (χ4v) is 2.59. The summed E-state index contributed by atoms with van der Waals surface area (Å²) in [7, 11) is 0. The van der Waals surface area contributed by atoms with E-state index in [4.69, 9.17) is 11.6 Å². The second kappa shape index (κ2) is 6.53. The van der Waals surface area contributed by atoms with Crippen LogP contribution in [0.5, 0.6) is 0 Å². The van der Waals surface area contributed by atoms with Gasteiger partial charge in [0.05, 0.1) is 0 Å². The topological polar surface area (TPSA) is 3.24 Å². The average Bonchev–Trinajstić information content (AvgIpc) is 2.34. The summed E-state index contributed by atoms with van der Waals surface area (Å²) in [5, 5.41) is 0.448. The normalized spacial score (nSPS) is 17.0. The maximum Gasteiger partial charge on any atom is 0.131 e. The van der Waals surface area contributed by atoms with Crippen molar-refractivity contribution in [1.82, 2.24) is 4.90 Å². The molecule has 0 N–H and O–H groups in total. The maximum atomic E-state index is 13.7. The number of likely N-dealkylation sites (tertiary alicyclic amines) is 1. The lowest BCUT2D eigenvalue weighted by atomic mass is 10.00. The molecule has 1 aliphatic rings. The molecule has 1 heterocycles. The first kappa shape index (κ1) is 14.5. The third kappa shape index (κ3) is 4.32. The molecular formula is C16H20ClFN. The SMILES string of the molecule is C[C](C)CN1CCC(=Cc2ccc(Cl)cc2F)CC1. The van der Waals surface area contributed by atoms with Gasteiger partial charge in [-0.3, -0.25) is 0 Å². The second-order valence-corrected chi connectivity index (χ2v) is 5.89. The van der Waals surface area contributed by atoms with Gasteiger partial charge < -0.3 is 4.90 Å². The Balaban J connectivity index is 1.99. The number of benzene rings is 1. The van der Waals surface area contributed by atoms with Gasteiger partial charge in [0.2, 0.25) is 0 Å². The molecule has 0 amide bonds. The van der Waals surface area contributed by atoms with Crippen LogP contribution in [0.15, 0.2) is 23.8 Å². The summed E-state index contributed by atoms with van der Waals surface area (Å²) >= 11 is 5.76. The van der Waals surface area contributed by atoms with Crippen LogP contribution in [0, 0.1) is 11.7 Å². The standard InChI is InChI=1S/C16H20ClFN/c1-12(2)11-19-7-5-13(6-8-19)9-14-3-4-15(17)10-16(14)18/h3-4,9-10H,5-8,11H2,1-2H3. The van der Waals surface area contributed by atoms with E-state index >= 15 is 0 Å². The first-order valence-electron chi connectivity index (χ1n) is 6.70. The molecule has 0 unspecified atom stereocenters. The van der Waals surface area contributed by atoms with Gasteiger partial charge in [0.25, 0.3) is 0 Å².